The predicted octanol–water partition coefficient (Wildman–Crippen LogP) is 8.11. The second-order valence-electron chi connectivity index (χ2n) is 8.16. The third-order valence-corrected chi connectivity index (χ3v) is 5.20. The molecule has 0 aliphatic carbocycles. The van der Waals surface area contributed by atoms with Gasteiger partial charge in [-0.15, -0.1) is 0 Å². The molecule has 0 aliphatic heterocycles. The van der Waals surface area contributed by atoms with E-state index in [9.17, 15) is 4.79 Å². The van der Waals surface area contributed by atoms with E-state index in [0.29, 0.717) is 30.3 Å². The Balaban J connectivity index is 0. The lowest BCUT2D eigenvalue weighted by molar-refractivity contribution is -0.104. The number of carbonyl (C=O) groups excluding carboxylic acids is 1. The van der Waals surface area contributed by atoms with E-state index in [0.717, 1.165) is 47.0 Å². The van der Waals surface area contributed by atoms with Gasteiger partial charge in [0.25, 0.3) is 0 Å². The molecule has 0 rings (SSSR count). The van der Waals surface area contributed by atoms with Crippen LogP contribution in [0.25, 0.3) is 0 Å². The Morgan fingerprint density at radius 1 is 0.939 bits per heavy atom. The van der Waals surface area contributed by atoms with Crippen LogP contribution in [0.2, 0.25) is 0 Å². The highest BCUT2D eigenvalue weighted by Crippen LogP contribution is 2.26. The Kier molecular flexibility index (Phi) is 18.6. The van der Waals surface area contributed by atoms with Gasteiger partial charge in [0.2, 0.25) is 0 Å². The summed E-state index contributed by atoms with van der Waals surface area (Å²) in [5.41, 5.74) is 5.53. The van der Waals surface area contributed by atoms with Gasteiger partial charge in [-0.2, -0.15) is 0 Å². The zero-order valence-corrected chi connectivity index (χ0v) is 22.1. The van der Waals surface area contributed by atoms with Crippen LogP contribution < -0.4 is 0 Å². The molecule has 0 aromatic rings. The smallest absolute Gasteiger partial charge is 0.145 e. The maximum Gasteiger partial charge on any atom is 0.145 e. The summed E-state index contributed by atoms with van der Waals surface area (Å²) in [6, 6.07) is 0. The molecule has 184 valence electrons. The molecule has 2 atom stereocenters. The lowest BCUT2D eigenvalue weighted by atomic mass is 9.91. The Bertz CT molecular complexity index is 774. The van der Waals surface area contributed by atoms with Crippen molar-refractivity contribution >= 4 is 6.29 Å². The largest absolute Gasteiger partial charge is 0.497 e. The molecule has 0 N–H and O–H groups in total. The van der Waals surface area contributed by atoms with Crippen LogP contribution in [0.1, 0.15) is 53.9 Å². The van der Waals surface area contributed by atoms with E-state index in [4.69, 9.17) is 9.47 Å². The molecule has 0 radical (unpaired) electrons. The van der Waals surface area contributed by atoms with E-state index in [1.54, 1.807) is 21.1 Å². The second-order valence-corrected chi connectivity index (χ2v) is 8.16. The standard InChI is InChI=1S/C26H40O2.C4H6O/c1-11-19(3)13-14-20(4)21(5)17-25(12-2)23(7)22(6)18-26(15-16-27-9)24(8)28-10;1-4(2)3-5/h13-14,17-20H,5-8,11-12,15-16H2,1-4,9-10H3;3H,1H2,2H3/b14-13-,25-17-,26-18-;. The van der Waals surface area contributed by atoms with Gasteiger partial charge in [-0.25, -0.2) is 0 Å². The second kappa shape index (κ2) is 18.9. The minimum atomic E-state index is 0.290. The van der Waals surface area contributed by atoms with E-state index in [2.05, 4.69) is 78.8 Å². The van der Waals surface area contributed by atoms with E-state index < -0.39 is 0 Å². The number of ether oxygens (including phenoxy) is 2. The van der Waals surface area contributed by atoms with Gasteiger partial charge in [-0.1, -0.05) is 85.2 Å². The van der Waals surface area contributed by atoms with Crippen molar-refractivity contribution in [3.8, 4) is 0 Å². The Labute approximate surface area is 203 Å². The molecule has 0 saturated heterocycles. The van der Waals surface area contributed by atoms with E-state index in [1.165, 1.54) is 0 Å². The van der Waals surface area contributed by atoms with Gasteiger partial charge in [0.1, 0.15) is 12.0 Å². The van der Waals surface area contributed by atoms with Gasteiger partial charge in [0.05, 0.1) is 13.7 Å². The molecule has 0 aromatic heterocycles. The van der Waals surface area contributed by atoms with Gasteiger partial charge in [0, 0.05) is 7.11 Å². The molecular formula is C30H46O3. The van der Waals surface area contributed by atoms with Crippen LogP contribution in [0.15, 0.2) is 96.4 Å². The van der Waals surface area contributed by atoms with Gasteiger partial charge in [0.15, 0.2) is 0 Å². The summed E-state index contributed by atoms with van der Waals surface area (Å²) in [6.07, 6.45) is 12.1. The van der Waals surface area contributed by atoms with Crippen molar-refractivity contribution in [1.29, 1.82) is 0 Å². The van der Waals surface area contributed by atoms with Crippen LogP contribution >= 0.6 is 0 Å². The fourth-order valence-corrected chi connectivity index (χ4v) is 2.51. The van der Waals surface area contributed by atoms with Crippen molar-refractivity contribution in [3.05, 3.63) is 96.4 Å². The molecule has 0 saturated carbocycles. The third kappa shape index (κ3) is 14.9. The minimum Gasteiger partial charge on any atom is -0.497 e. The average Bonchev–Trinajstić information content (AvgIpc) is 2.81. The summed E-state index contributed by atoms with van der Waals surface area (Å²) in [6.45, 7) is 31.0. The van der Waals surface area contributed by atoms with Crippen molar-refractivity contribution in [2.24, 2.45) is 11.8 Å². The van der Waals surface area contributed by atoms with Crippen LogP contribution in [0, 0.1) is 11.8 Å². The summed E-state index contributed by atoms with van der Waals surface area (Å²) in [7, 11) is 3.30. The maximum absolute atomic E-state index is 9.41. The lowest BCUT2D eigenvalue weighted by Crippen LogP contribution is -2.00. The maximum atomic E-state index is 9.41. The van der Waals surface area contributed by atoms with Gasteiger partial charge in [-0.3, -0.25) is 4.79 Å². The molecule has 0 aliphatic rings. The Morgan fingerprint density at radius 2 is 1.52 bits per heavy atom. The fraction of sp³-hybridized carbons (Fsp3) is 0.433. The molecule has 0 spiro atoms. The highest BCUT2D eigenvalue weighted by atomic mass is 16.5. The molecule has 3 nitrogen and oxygen atoms in total. The molecule has 0 heterocycles. The lowest BCUT2D eigenvalue weighted by Gasteiger charge is -2.15. The fourth-order valence-electron chi connectivity index (χ4n) is 2.51. The number of aldehydes is 1. The topological polar surface area (TPSA) is 35.5 Å². The van der Waals surface area contributed by atoms with E-state index in [-0.39, 0.29) is 5.92 Å². The molecule has 0 fully saturated rings. The Hall–Kier alpha value is -2.65. The van der Waals surface area contributed by atoms with E-state index >= 15 is 0 Å². The van der Waals surface area contributed by atoms with Crippen LogP contribution in [0.4, 0.5) is 0 Å². The monoisotopic (exact) mass is 454 g/mol. The van der Waals surface area contributed by atoms with Crippen LogP contribution in [-0.4, -0.2) is 27.1 Å². The number of carbonyl (C=O) groups is 1. The molecular weight excluding hydrogens is 408 g/mol. The van der Waals surface area contributed by atoms with Crippen molar-refractivity contribution in [3.63, 3.8) is 0 Å². The normalized spacial score (nSPS) is 13.4. The van der Waals surface area contributed by atoms with E-state index in [1.807, 2.05) is 6.08 Å². The first-order valence-electron chi connectivity index (χ1n) is 11.5. The van der Waals surface area contributed by atoms with Crippen molar-refractivity contribution in [2.45, 2.75) is 53.9 Å². The zero-order valence-electron chi connectivity index (χ0n) is 22.1. The van der Waals surface area contributed by atoms with Gasteiger partial charge < -0.3 is 9.47 Å². The summed E-state index contributed by atoms with van der Waals surface area (Å²) in [4.78, 5) is 9.41. The molecule has 0 bridgehead atoms. The number of methoxy groups -OCH3 is 2. The molecule has 0 amide bonds. The van der Waals surface area contributed by atoms with Crippen molar-refractivity contribution in [1.82, 2.24) is 0 Å². The number of allylic oxidation sites excluding steroid dienone is 10. The number of rotatable bonds is 15. The van der Waals surface area contributed by atoms with Crippen LogP contribution in [-0.2, 0) is 14.3 Å². The molecule has 2 unspecified atom stereocenters. The van der Waals surface area contributed by atoms with Gasteiger partial charge in [-0.05, 0) is 71.1 Å². The molecule has 0 aromatic carbocycles. The first kappa shape index (κ1) is 32.5. The third-order valence-electron chi connectivity index (χ3n) is 5.20. The first-order valence-corrected chi connectivity index (χ1v) is 11.5. The number of hydrogen-bond donors (Lipinski definition) is 0. The number of hydrogen-bond acceptors (Lipinski definition) is 3. The summed E-state index contributed by atoms with van der Waals surface area (Å²) in [5, 5.41) is 0. The predicted molar refractivity (Wildman–Crippen MR) is 145 cm³/mol. The SMILES string of the molecule is C=C(/C=C(/CCOC)C(=C)OC)C(=C)/C(=C\C(=C)C(C)/C=C\C(C)CC)CC.C=C(C)C=O. The minimum absolute atomic E-state index is 0.290. The zero-order chi connectivity index (χ0) is 26.0. The highest BCUT2D eigenvalue weighted by Gasteiger charge is 2.10. The van der Waals surface area contributed by atoms with Crippen LogP contribution in [0.3, 0.4) is 0 Å². The summed E-state index contributed by atoms with van der Waals surface area (Å²) >= 11 is 0. The molecule has 3 heteroatoms. The first-order chi connectivity index (χ1) is 15.5. The van der Waals surface area contributed by atoms with Crippen molar-refractivity contribution in [2.75, 3.05) is 20.8 Å². The van der Waals surface area contributed by atoms with Gasteiger partial charge >= 0.3 is 0 Å². The average molecular weight is 455 g/mol. The summed E-state index contributed by atoms with van der Waals surface area (Å²) in [5.74, 6) is 1.50. The molecule has 33 heavy (non-hydrogen) atoms. The Morgan fingerprint density at radius 3 is 1.94 bits per heavy atom. The highest BCUT2D eigenvalue weighted by molar-refractivity contribution is 5.70. The quantitative estimate of drug-likeness (QED) is 0.0824. The van der Waals surface area contributed by atoms with Crippen molar-refractivity contribution < 1.29 is 14.3 Å². The summed E-state index contributed by atoms with van der Waals surface area (Å²) < 4.78 is 10.5. The van der Waals surface area contributed by atoms with Crippen LogP contribution in [0.5, 0.6) is 0 Å².